The molecule has 0 radical (unpaired) electrons. The van der Waals surface area contributed by atoms with Crippen molar-refractivity contribution in [3.63, 3.8) is 0 Å². The molecule has 1 atom stereocenters. The highest BCUT2D eigenvalue weighted by Gasteiger charge is 2.34. The van der Waals surface area contributed by atoms with Gasteiger partial charge in [0.25, 0.3) is 5.56 Å². The molecule has 1 saturated carbocycles. The molecule has 3 aromatic rings. The van der Waals surface area contributed by atoms with Gasteiger partial charge in [0, 0.05) is 30.8 Å². The van der Waals surface area contributed by atoms with Crippen LogP contribution in [0.5, 0.6) is 0 Å². The molecule has 0 amide bonds. The molecule has 24 heavy (non-hydrogen) atoms. The van der Waals surface area contributed by atoms with E-state index in [1.54, 1.807) is 18.3 Å². The van der Waals surface area contributed by atoms with Crippen molar-refractivity contribution in [1.82, 2.24) is 29.6 Å². The zero-order valence-electron chi connectivity index (χ0n) is 13.2. The number of likely N-dealkylation sites (tertiary alicyclic amines) is 1. The topological polar surface area (TPSA) is 92.3 Å². The maximum absolute atomic E-state index is 12.1. The van der Waals surface area contributed by atoms with Gasteiger partial charge in [0.2, 0.25) is 5.89 Å². The smallest absolute Gasteiger partial charge is 0.272 e. The number of rotatable bonds is 4. The monoisotopic (exact) mass is 326 g/mol. The summed E-state index contributed by atoms with van der Waals surface area (Å²) in [5, 5.41) is 7.05. The normalized spacial score (nSPS) is 21.8. The van der Waals surface area contributed by atoms with Gasteiger partial charge in [-0.05, 0) is 32.2 Å². The van der Waals surface area contributed by atoms with E-state index < -0.39 is 0 Å². The Bertz CT molecular complexity index is 937. The molecule has 0 bridgehead atoms. The minimum atomic E-state index is -0.0914. The Morgan fingerprint density at radius 3 is 3.08 bits per heavy atom. The van der Waals surface area contributed by atoms with Crippen LogP contribution >= 0.6 is 0 Å². The van der Waals surface area contributed by atoms with Gasteiger partial charge in [-0.25, -0.2) is 9.50 Å². The minimum absolute atomic E-state index is 0.0914. The van der Waals surface area contributed by atoms with Gasteiger partial charge in [-0.15, -0.1) is 0 Å². The molecule has 2 fully saturated rings. The van der Waals surface area contributed by atoms with Crippen LogP contribution in [0, 0.1) is 0 Å². The number of hydrogen-bond donors (Lipinski definition) is 1. The van der Waals surface area contributed by atoms with E-state index in [2.05, 4.69) is 25.1 Å². The fourth-order valence-electron chi connectivity index (χ4n) is 3.45. The SMILES string of the molecule is O=c1cc(CN2CCC[C@H]2c2noc(C3CC3)n2)nc2cc[nH]n12. The van der Waals surface area contributed by atoms with Crippen molar-refractivity contribution in [3.8, 4) is 0 Å². The average molecular weight is 326 g/mol. The van der Waals surface area contributed by atoms with Crippen molar-refractivity contribution in [2.45, 2.75) is 44.2 Å². The van der Waals surface area contributed by atoms with Gasteiger partial charge in [0.1, 0.15) is 0 Å². The molecule has 1 aliphatic heterocycles. The molecule has 8 heteroatoms. The summed E-state index contributed by atoms with van der Waals surface area (Å²) in [5.74, 6) is 2.02. The van der Waals surface area contributed by atoms with Crippen LogP contribution in [0.1, 0.15) is 55.1 Å². The molecule has 1 aliphatic carbocycles. The second kappa shape index (κ2) is 5.27. The van der Waals surface area contributed by atoms with E-state index >= 15 is 0 Å². The Hall–Kier alpha value is -2.48. The van der Waals surface area contributed by atoms with E-state index in [0.29, 0.717) is 18.1 Å². The van der Waals surface area contributed by atoms with Crippen LogP contribution < -0.4 is 5.56 Å². The second-order valence-electron chi connectivity index (χ2n) is 6.64. The third kappa shape index (κ3) is 2.34. The van der Waals surface area contributed by atoms with Gasteiger partial charge in [-0.1, -0.05) is 5.16 Å². The van der Waals surface area contributed by atoms with Crippen LogP contribution in [0.3, 0.4) is 0 Å². The summed E-state index contributed by atoms with van der Waals surface area (Å²) in [5.41, 5.74) is 1.33. The number of nitrogens with one attached hydrogen (secondary N) is 1. The van der Waals surface area contributed by atoms with E-state index in [-0.39, 0.29) is 11.6 Å². The van der Waals surface area contributed by atoms with Crippen LogP contribution in [-0.4, -0.2) is 36.2 Å². The fourth-order valence-corrected chi connectivity index (χ4v) is 3.45. The molecule has 2 aliphatic rings. The first kappa shape index (κ1) is 13.9. The van der Waals surface area contributed by atoms with E-state index in [4.69, 9.17) is 4.52 Å². The second-order valence-corrected chi connectivity index (χ2v) is 6.64. The van der Waals surface area contributed by atoms with Crippen molar-refractivity contribution in [2.24, 2.45) is 0 Å². The Kier molecular flexibility index (Phi) is 3.05. The summed E-state index contributed by atoms with van der Waals surface area (Å²) in [6.45, 7) is 1.57. The number of hydrogen-bond acceptors (Lipinski definition) is 6. The van der Waals surface area contributed by atoms with Crippen LogP contribution in [0.4, 0.5) is 0 Å². The highest BCUT2D eigenvalue weighted by Crippen LogP contribution is 2.40. The summed E-state index contributed by atoms with van der Waals surface area (Å²) in [6.07, 6.45) is 6.12. The molecule has 0 unspecified atom stereocenters. The molecule has 4 heterocycles. The number of fused-ring (bicyclic) bond motifs is 1. The number of H-pyrrole nitrogens is 1. The molecular weight excluding hydrogens is 308 g/mol. The zero-order valence-corrected chi connectivity index (χ0v) is 13.2. The number of aromatic amines is 1. The molecule has 1 saturated heterocycles. The zero-order chi connectivity index (χ0) is 16.1. The maximum atomic E-state index is 12.1. The Morgan fingerprint density at radius 1 is 1.29 bits per heavy atom. The van der Waals surface area contributed by atoms with Crippen LogP contribution in [-0.2, 0) is 6.54 Å². The predicted molar refractivity (Wildman–Crippen MR) is 84.5 cm³/mol. The van der Waals surface area contributed by atoms with Gasteiger partial charge >= 0.3 is 0 Å². The predicted octanol–water partition coefficient (Wildman–Crippen LogP) is 1.62. The van der Waals surface area contributed by atoms with Crippen molar-refractivity contribution in [1.29, 1.82) is 0 Å². The molecule has 1 N–H and O–H groups in total. The van der Waals surface area contributed by atoms with Gasteiger partial charge in [0.05, 0.1) is 11.7 Å². The van der Waals surface area contributed by atoms with Crippen LogP contribution in [0.25, 0.3) is 5.65 Å². The van der Waals surface area contributed by atoms with Gasteiger partial charge < -0.3 is 4.52 Å². The van der Waals surface area contributed by atoms with Crippen molar-refractivity contribution in [2.75, 3.05) is 6.54 Å². The van der Waals surface area contributed by atoms with Crippen molar-refractivity contribution < 1.29 is 4.52 Å². The van der Waals surface area contributed by atoms with Crippen molar-refractivity contribution >= 4 is 5.65 Å². The first-order valence-corrected chi connectivity index (χ1v) is 8.41. The fraction of sp³-hybridized carbons (Fsp3) is 0.500. The van der Waals surface area contributed by atoms with Gasteiger partial charge in [0.15, 0.2) is 11.5 Å². The maximum Gasteiger partial charge on any atom is 0.272 e. The van der Waals surface area contributed by atoms with E-state index in [0.717, 1.165) is 49.6 Å². The summed E-state index contributed by atoms with van der Waals surface area (Å²) < 4.78 is 6.84. The lowest BCUT2D eigenvalue weighted by Gasteiger charge is -2.21. The highest BCUT2D eigenvalue weighted by molar-refractivity contribution is 5.36. The third-order valence-corrected chi connectivity index (χ3v) is 4.84. The van der Waals surface area contributed by atoms with Crippen LogP contribution in [0.2, 0.25) is 0 Å². The Morgan fingerprint density at radius 2 is 2.21 bits per heavy atom. The molecule has 0 aromatic carbocycles. The first-order chi connectivity index (χ1) is 11.8. The standard InChI is InChI=1S/C16H18N6O2/c23-14-8-11(18-13-5-6-17-22(13)14)9-21-7-1-2-12(21)15-19-16(24-20-15)10-3-4-10/h5-6,8,10,12,17H,1-4,7,9H2/t12-/m0/s1. The number of aromatic nitrogens is 5. The van der Waals surface area contributed by atoms with E-state index in [1.165, 1.54) is 4.52 Å². The minimum Gasteiger partial charge on any atom is -0.339 e. The van der Waals surface area contributed by atoms with Gasteiger partial charge in [-0.3, -0.25) is 14.8 Å². The highest BCUT2D eigenvalue weighted by atomic mass is 16.5. The summed E-state index contributed by atoms with van der Waals surface area (Å²) in [6, 6.07) is 3.53. The molecule has 3 aromatic heterocycles. The van der Waals surface area contributed by atoms with Crippen molar-refractivity contribution in [3.05, 3.63) is 46.1 Å². The third-order valence-electron chi connectivity index (χ3n) is 4.84. The van der Waals surface area contributed by atoms with E-state index in [1.807, 2.05) is 0 Å². The lowest BCUT2D eigenvalue weighted by molar-refractivity contribution is 0.231. The molecule has 5 rings (SSSR count). The quantitative estimate of drug-likeness (QED) is 0.783. The summed E-state index contributed by atoms with van der Waals surface area (Å²) in [4.78, 5) is 23.5. The van der Waals surface area contributed by atoms with Crippen LogP contribution in [0.15, 0.2) is 27.6 Å². The lowest BCUT2D eigenvalue weighted by Crippen LogP contribution is -2.26. The molecule has 8 nitrogen and oxygen atoms in total. The number of nitrogens with zero attached hydrogens (tertiary/aromatic N) is 5. The molecular formula is C16H18N6O2. The summed E-state index contributed by atoms with van der Waals surface area (Å²) in [7, 11) is 0. The van der Waals surface area contributed by atoms with E-state index in [9.17, 15) is 4.79 Å². The summed E-state index contributed by atoms with van der Waals surface area (Å²) >= 11 is 0. The Labute approximate surface area is 137 Å². The molecule has 124 valence electrons. The molecule has 0 spiro atoms. The lowest BCUT2D eigenvalue weighted by atomic mass is 10.2. The van der Waals surface area contributed by atoms with Gasteiger partial charge in [-0.2, -0.15) is 4.98 Å². The average Bonchev–Trinajstić information content (AvgIpc) is 3.00. The largest absolute Gasteiger partial charge is 0.339 e. The first-order valence-electron chi connectivity index (χ1n) is 8.41. The Balaban J connectivity index is 1.40.